The van der Waals surface area contributed by atoms with Crippen molar-refractivity contribution < 1.29 is 0 Å². The SMILES string of the molecule is C/C=C/Cc1c(-c2ccc(C)cc2)cccc1-c1ccccc1C.C=C(CCC)c1ccccc1.Cc1ccc2c(c1)C(C)(C)c1cc(-c3ccccc3)ccc1-2. The second-order valence-electron chi connectivity index (χ2n) is 15.8. The molecule has 0 saturated carbocycles. The van der Waals surface area contributed by atoms with Crippen LogP contribution in [0.25, 0.3) is 50.1 Å². The van der Waals surface area contributed by atoms with Crippen LogP contribution in [0.3, 0.4) is 0 Å². The van der Waals surface area contributed by atoms with Gasteiger partial charge in [0.15, 0.2) is 0 Å². The number of hydrogen-bond acceptors (Lipinski definition) is 0. The Morgan fingerprint density at radius 3 is 1.75 bits per heavy atom. The molecule has 0 saturated heterocycles. The van der Waals surface area contributed by atoms with Crippen LogP contribution in [0.5, 0.6) is 0 Å². The van der Waals surface area contributed by atoms with Gasteiger partial charge in [-0.25, -0.2) is 0 Å². The average molecular weight is 743 g/mol. The van der Waals surface area contributed by atoms with Gasteiger partial charge in [0.05, 0.1) is 0 Å². The summed E-state index contributed by atoms with van der Waals surface area (Å²) in [6.45, 7) is 19.4. The van der Waals surface area contributed by atoms with Gasteiger partial charge in [0.2, 0.25) is 0 Å². The van der Waals surface area contributed by atoms with E-state index in [1.807, 2.05) is 6.07 Å². The molecule has 0 bridgehead atoms. The molecule has 1 aliphatic rings. The zero-order valence-electron chi connectivity index (χ0n) is 35.1. The van der Waals surface area contributed by atoms with Crippen LogP contribution in [0.2, 0.25) is 0 Å². The van der Waals surface area contributed by atoms with E-state index in [0.29, 0.717) is 0 Å². The van der Waals surface area contributed by atoms with Crippen LogP contribution in [0, 0.1) is 20.8 Å². The monoisotopic (exact) mass is 742 g/mol. The summed E-state index contributed by atoms with van der Waals surface area (Å²) in [5.74, 6) is 0. The molecule has 0 unspecified atom stereocenters. The molecule has 0 fully saturated rings. The summed E-state index contributed by atoms with van der Waals surface area (Å²) in [6.07, 6.45) is 7.60. The van der Waals surface area contributed by atoms with Crippen LogP contribution >= 0.6 is 0 Å². The summed E-state index contributed by atoms with van der Waals surface area (Å²) in [5, 5.41) is 0. The van der Waals surface area contributed by atoms with E-state index < -0.39 is 0 Å². The highest BCUT2D eigenvalue weighted by Crippen LogP contribution is 2.49. The Hall–Kier alpha value is -5.98. The van der Waals surface area contributed by atoms with Gasteiger partial charge in [-0.3, -0.25) is 0 Å². The highest BCUT2D eigenvalue weighted by atomic mass is 14.4. The van der Waals surface area contributed by atoms with E-state index in [-0.39, 0.29) is 5.41 Å². The van der Waals surface area contributed by atoms with Gasteiger partial charge < -0.3 is 0 Å². The number of rotatable bonds is 8. The summed E-state index contributed by atoms with van der Waals surface area (Å²) >= 11 is 0. The Bertz CT molecular complexity index is 2440. The second kappa shape index (κ2) is 18.8. The number of allylic oxidation sites excluding steroid dienone is 3. The van der Waals surface area contributed by atoms with Gasteiger partial charge in [-0.1, -0.05) is 215 Å². The normalized spacial score (nSPS) is 12.1. The lowest BCUT2D eigenvalue weighted by Crippen LogP contribution is -2.15. The molecular weight excluding hydrogens is 685 g/mol. The van der Waals surface area contributed by atoms with E-state index in [2.05, 4.69) is 225 Å². The van der Waals surface area contributed by atoms with Crippen LogP contribution in [-0.4, -0.2) is 0 Å². The minimum Gasteiger partial charge on any atom is -0.0952 e. The molecule has 0 heterocycles. The maximum Gasteiger partial charge on any atom is 0.0159 e. The van der Waals surface area contributed by atoms with Crippen molar-refractivity contribution in [1.82, 2.24) is 0 Å². The molecule has 0 N–H and O–H groups in total. The molecule has 0 amide bonds. The lowest BCUT2D eigenvalue weighted by Gasteiger charge is -2.22. The topological polar surface area (TPSA) is 0 Å². The molecule has 286 valence electrons. The van der Waals surface area contributed by atoms with Crippen molar-refractivity contribution >= 4 is 5.57 Å². The molecule has 0 heteroatoms. The largest absolute Gasteiger partial charge is 0.0952 e. The summed E-state index contributed by atoms with van der Waals surface area (Å²) in [6, 6.07) is 58.9. The summed E-state index contributed by atoms with van der Waals surface area (Å²) in [4.78, 5) is 0. The molecule has 1 aliphatic carbocycles. The quantitative estimate of drug-likeness (QED) is 0.136. The first kappa shape index (κ1) is 40.7. The van der Waals surface area contributed by atoms with Gasteiger partial charge >= 0.3 is 0 Å². The van der Waals surface area contributed by atoms with Gasteiger partial charge in [0, 0.05) is 5.41 Å². The first-order valence-corrected chi connectivity index (χ1v) is 20.5. The number of benzene rings is 7. The number of aryl methyl sites for hydroxylation is 3. The van der Waals surface area contributed by atoms with E-state index in [4.69, 9.17) is 0 Å². The fourth-order valence-corrected chi connectivity index (χ4v) is 7.95. The van der Waals surface area contributed by atoms with Crippen molar-refractivity contribution in [2.45, 2.75) is 73.1 Å². The van der Waals surface area contributed by atoms with Crippen molar-refractivity contribution in [3.8, 4) is 44.5 Å². The molecule has 57 heavy (non-hydrogen) atoms. The Labute approximate surface area is 343 Å². The van der Waals surface area contributed by atoms with Gasteiger partial charge in [-0.15, -0.1) is 0 Å². The molecule has 0 radical (unpaired) electrons. The first-order valence-electron chi connectivity index (χ1n) is 20.5. The van der Waals surface area contributed by atoms with Crippen molar-refractivity contribution in [1.29, 1.82) is 0 Å². The molecule has 0 aromatic heterocycles. The summed E-state index contributed by atoms with van der Waals surface area (Å²) < 4.78 is 0. The third kappa shape index (κ3) is 9.53. The van der Waals surface area contributed by atoms with Crippen LogP contribution < -0.4 is 0 Å². The van der Waals surface area contributed by atoms with Gasteiger partial charge in [-0.05, 0) is 125 Å². The Kier molecular flexibility index (Phi) is 13.4. The fourth-order valence-electron chi connectivity index (χ4n) is 7.95. The van der Waals surface area contributed by atoms with Crippen LogP contribution in [0.1, 0.15) is 79.5 Å². The standard InChI is InChI=1S/C24H24.C22H20.C11H14/c1-4-5-10-24-22(20-16-14-18(2)15-17-20)12-8-13-23(24)21-11-7-6-9-19(21)3;1-15-9-11-18-19-12-10-17(16-7-5-4-6-8-16)14-21(19)22(2,3)20(18)13-15;1-3-7-10(2)11-8-5-4-6-9-11/h4-9,11-17H,10H2,1-3H3;4-14H,1-3H3;4-6,8-9H,2-3,7H2,1H3/b5-4+;;. The molecule has 0 spiro atoms. The maximum absolute atomic E-state index is 4.01. The Balaban J connectivity index is 0.000000154. The molecule has 0 nitrogen and oxygen atoms in total. The highest BCUT2D eigenvalue weighted by Gasteiger charge is 2.35. The van der Waals surface area contributed by atoms with Crippen molar-refractivity contribution in [2.75, 3.05) is 0 Å². The average Bonchev–Trinajstić information content (AvgIpc) is 3.46. The zero-order chi connectivity index (χ0) is 40.4. The van der Waals surface area contributed by atoms with E-state index in [1.165, 1.54) is 95.4 Å². The molecule has 7 aromatic carbocycles. The molecular formula is C57H58. The van der Waals surface area contributed by atoms with E-state index >= 15 is 0 Å². The predicted octanol–water partition coefficient (Wildman–Crippen LogP) is 16.2. The minimum absolute atomic E-state index is 0.0709. The van der Waals surface area contributed by atoms with Gasteiger partial charge in [0.1, 0.15) is 0 Å². The van der Waals surface area contributed by atoms with Crippen LogP contribution in [0.15, 0.2) is 183 Å². The number of fused-ring (bicyclic) bond motifs is 3. The van der Waals surface area contributed by atoms with Crippen LogP contribution in [0.4, 0.5) is 0 Å². The summed E-state index contributed by atoms with van der Waals surface area (Å²) in [5.41, 5.74) is 21.5. The Morgan fingerprint density at radius 2 is 1.09 bits per heavy atom. The lowest BCUT2D eigenvalue weighted by molar-refractivity contribution is 0.660. The van der Waals surface area contributed by atoms with Crippen molar-refractivity contribution in [2.24, 2.45) is 0 Å². The van der Waals surface area contributed by atoms with E-state index in [9.17, 15) is 0 Å². The van der Waals surface area contributed by atoms with E-state index in [0.717, 1.165) is 12.8 Å². The van der Waals surface area contributed by atoms with Gasteiger partial charge in [0.25, 0.3) is 0 Å². The fraction of sp³-hybridized carbons (Fsp3) is 0.193. The van der Waals surface area contributed by atoms with E-state index in [1.54, 1.807) is 0 Å². The Morgan fingerprint density at radius 1 is 0.526 bits per heavy atom. The van der Waals surface area contributed by atoms with Crippen LogP contribution in [-0.2, 0) is 11.8 Å². The molecule has 7 aromatic rings. The third-order valence-corrected chi connectivity index (χ3v) is 11.2. The molecule has 8 rings (SSSR count). The smallest absolute Gasteiger partial charge is 0.0159 e. The lowest BCUT2D eigenvalue weighted by atomic mass is 9.81. The molecule has 0 aliphatic heterocycles. The molecule has 0 atom stereocenters. The third-order valence-electron chi connectivity index (χ3n) is 11.2. The second-order valence-corrected chi connectivity index (χ2v) is 15.8. The predicted molar refractivity (Wildman–Crippen MR) is 250 cm³/mol. The van der Waals surface area contributed by atoms with Crippen molar-refractivity contribution in [3.63, 3.8) is 0 Å². The maximum atomic E-state index is 4.01. The zero-order valence-corrected chi connectivity index (χ0v) is 35.1. The highest BCUT2D eigenvalue weighted by molar-refractivity contribution is 5.84. The first-order chi connectivity index (χ1) is 27.6. The van der Waals surface area contributed by atoms with Crippen molar-refractivity contribution in [3.05, 3.63) is 221 Å². The minimum atomic E-state index is 0.0709. The number of hydrogen-bond donors (Lipinski definition) is 0. The summed E-state index contributed by atoms with van der Waals surface area (Å²) in [7, 11) is 0. The van der Waals surface area contributed by atoms with Gasteiger partial charge in [-0.2, -0.15) is 0 Å².